The van der Waals surface area contributed by atoms with Gasteiger partial charge in [-0.3, -0.25) is 14.6 Å². The van der Waals surface area contributed by atoms with E-state index in [1.54, 1.807) is 29.3 Å². The SMILES string of the molecule is COc1ccc(N2C[C@H](C)N(C(=O)CCc3cccnc3)CC2=O)cc1. The first kappa shape index (κ1) is 17.9. The zero-order chi connectivity index (χ0) is 18.5. The number of rotatable bonds is 5. The Labute approximate surface area is 153 Å². The van der Waals surface area contributed by atoms with Crippen molar-refractivity contribution in [2.24, 2.45) is 0 Å². The molecule has 1 aromatic carbocycles. The van der Waals surface area contributed by atoms with Crippen LogP contribution in [0.2, 0.25) is 0 Å². The number of piperazine rings is 1. The van der Waals surface area contributed by atoms with Crippen LogP contribution < -0.4 is 9.64 Å². The highest BCUT2D eigenvalue weighted by molar-refractivity contribution is 5.98. The van der Waals surface area contributed by atoms with E-state index in [0.717, 1.165) is 17.0 Å². The molecule has 0 unspecified atom stereocenters. The fraction of sp³-hybridized carbons (Fsp3) is 0.350. The van der Waals surface area contributed by atoms with Gasteiger partial charge < -0.3 is 14.5 Å². The third-order valence-corrected chi connectivity index (χ3v) is 4.64. The lowest BCUT2D eigenvalue weighted by Gasteiger charge is -2.39. The summed E-state index contributed by atoms with van der Waals surface area (Å²) in [4.78, 5) is 32.6. The first-order valence-corrected chi connectivity index (χ1v) is 8.71. The Bertz CT molecular complexity index is 762. The fourth-order valence-electron chi connectivity index (χ4n) is 3.14. The van der Waals surface area contributed by atoms with E-state index in [-0.39, 0.29) is 24.4 Å². The zero-order valence-electron chi connectivity index (χ0n) is 15.1. The third-order valence-electron chi connectivity index (χ3n) is 4.64. The van der Waals surface area contributed by atoms with Gasteiger partial charge in [0.15, 0.2) is 0 Å². The first-order valence-electron chi connectivity index (χ1n) is 8.71. The van der Waals surface area contributed by atoms with Crippen molar-refractivity contribution in [1.29, 1.82) is 0 Å². The van der Waals surface area contributed by atoms with E-state index >= 15 is 0 Å². The van der Waals surface area contributed by atoms with Gasteiger partial charge >= 0.3 is 0 Å². The molecule has 2 heterocycles. The molecule has 0 radical (unpaired) electrons. The molecule has 136 valence electrons. The molecule has 0 N–H and O–H groups in total. The minimum absolute atomic E-state index is 0.00378. The Morgan fingerprint density at radius 3 is 2.69 bits per heavy atom. The van der Waals surface area contributed by atoms with Gasteiger partial charge in [0, 0.05) is 37.1 Å². The average Bonchev–Trinajstić information content (AvgIpc) is 2.68. The summed E-state index contributed by atoms with van der Waals surface area (Å²) in [7, 11) is 1.61. The van der Waals surface area contributed by atoms with E-state index in [1.165, 1.54) is 0 Å². The zero-order valence-corrected chi connectivity index (χ0v) is 15.1. The highest BCUT2D eigenvalue weighted by atomic mass is 16.5. The highest BCUT2D eigenvalue weighted by Gasteiger charge is 2.32. The van der Waals surface area contributed by atoms with Crippen LogP contribution >= 0.6 is 0 Å². The molecule has 6 nitrogen and oxygen atoms in total. The average molecular weight is 353 g/mol. The predicted octanol–water partition coefficient (Wildman–Crippen LogP) is 2.29. The smallest absolute Gasteiger partial charge is 0.246 e. The number of hydrogen-bond donors (Lipinski definition) is 0. The summed E-state index contributed by atoms with van der Waals surface area (Å²) in [5.74, 6) is 0.686. The van der Waals surface area contributed by atoms with Gasteiger partial charge in [-0.1, -0.05) is 6.07 Å². The van der Waals surface area contributed by atoms with Crippen molar-refractivity contribution in [2.75, 3.05) is 25.1 Å². The van der Waals surface area contributed by atoms with Gasteiger partial charge in [-0.2, -0.15) is 0 Å². The third kappa shape index (κ3) is 4.02. The molecule has 1 aliphatic rings. The first-order chi connectivity index (χ1) is 12.6. The normalized spacial score (nSPS) is 17.3. The minimum atomic E-state index is -0.0667. The Morgan fingerprint density at radius 1 is 1.27 bits per heavy atom. The number of carbonyl (C=O) groups excluding carboxylic acids is 2. The summed E-state index contributed by atoms with van der Waals surface area (Å²) >= 11 is 0. The quantitative estimate of drug-likeness (QED) is 0.827. The molecule has 6 heteroatoms. The van der Waals surface area contributed by atoms with E-state index in [0.29, 0.717) is 19.4 Å². The van der Waals surface area contributed by atoms with Crippen molar-refractivity contribution in [2.45, 2.75) is 25.8 Å². The number of carbonyl (C=O) groups is 2. The van der Waals surface area contributed by atoms with E-state index in [4.69, 9.17) is 4.74 Å². The van der Waals surface area contributed by atoms with Crippen LogP contribution in [0.25, 0.3) is 0 Å². The lowest BCUT2D eigenvalue weighted by Crippen LogP contribution is -2.57. The van der Waals surface area contributed by atoms with Crippen molar-refractivity contribution in [3.8, 4) is 5.75 Å². The Morgan fingerprint density at radius 2 is 2.04 bits per heavy atom. The fourth-order valence-corrected chi connectivity index (χ4v) is 3.14. The molecule has 2 amide bonds. The van der Waals surface area contributed by atoms with Crippen LogP contribution in [0.15, 0.2) is 48.8 Å². The number of benzene rings is 1. The highest BCUT2D eigenvalue weighted by Crippen LogP contribution is 2.23. The number of ether oxygens (including phenoxy) is 1. The van der Waals surface area contributed by atoms with Gasteiger partial charge in [0.1, 0.15) is 12.3 Å². The summed E-state index contributed by atoms with van der Waals surface area (Å²) in [6.45, 7) is 2.58. The van der Waals surface area contributed by atoms with E-state index in [9.17, 15) is 9.59 Å². The van der Waals surface area contributed by atoms with Crippen LogP contribution in [-0.4, -0.2) is 47.9 Å². The summed E-state index contributed by atoms with van der Waals surface area (Å²) in [6, 6.07) is 11.2. The topological polar surface area (TPSA) is 62.7 Å². The molecule has 0 spiro atoms. The molecular weight excluding hydrogens is 330 g/mol. The Hall–Kier alpha value is -2.89. The van der Waals surface area contributed by atoms with Crippen molar-refractivity contribution in [1.82, 2.24) is 9.88 Å². The number of anilines is 1. The number of aryl methyl sites for hydroxylation is 1. The number of nitrogens with zero attached hydrogens (tertiary/aromatic N) is 3. The van der Waals surface area contributed by atoms with Gasteiger partial charge in [0.05, 0.1) is 7.11 Å². The molecule has 0 bridgehead atoms. The summed E-state index contributed by atoms with van der Waals surface area (Å²) < 4.78 is 5.16. The molecule has 2 aromatic rings. The second-order valence-electron chi connectivity index (χ2n) is 6.43. The number of aromatic nitrogens is 1. The molecular formula is C20H23N3O3. The van der Waals surface area contributed by atoms with Crippen LogP contribution in [0.4, 0.5) is 5.69 Å². The van der Waals surface area contributed by atoms with E-state index in [2.05, 4.69) is 4.98 Å². The molecule has 3 rings (SSSR count). The van der Waals surface area contributed by atoms with Gasteiger partial charge in [-0.15, -0.1) is 0 Å². The van der Waals surface area contributed by atoms with Crippen LogP contribution in [0.3, 0.4) is 0 Å². The molecule has 1 atom stereocenters. The number of hydrogen-bond acceptors (Lipinski definition) is 4. The Balaban J connectivity index is 1.62. The second kappa shape index (κ2) is 7.99. The van der Waals surface area contributed by atoms with Crippen molar-refractivity contribution < 1.29 is 14.3 Å². The number of amides is 2. The Kier molecular flexibility index (Phi) is 5.51. The van der Waals surface area contributed by atoms with Crippen LogP contribution in [0.5, 0.6) is 5.75 Å². The van der Waals surface area contributed by atoms with Crippen LogP contribution in [-0.2, 0) is 16.0 Å². The maximum Gasteiger partial charge on any atom is 0.246 e. The second-order valence-corrected chi connectivity index (χ2v) is 6.43. The molecule has 0 saturated carbocycles. The van der Waals surface area contributed by atoms with Gasteiger partial charge in [0.25, 0.3) is 0 Å². The summed E-state index contributed by atoms with van der Waals surface area (Å²) in [5, 5.41) is 0. The predicted molar refractivity (Wildman–Crippen MR) is 99.1 cm³/mol. The van der Waals surface area contributed by atoms with Gasteiger partial charge in [-0.05, 0) is 49.2 Å². The standard InChI is InChI=1S/C20H23N3O3/c1-15-13-23(17-6-8-18(26-2)9-7-17)20(25)14-22(15)19(24)10-5-16-4-3-11-21-12-16/h3-4,6-9,11-12,15H,5,10,13-14H2,1-2H3/t15-/m0/s1. The lowest BCUT2D eigenvalue weighted by molar-refractivity contribution is -0.139. The van der Waals surface area contributed by atoms with Gasteiger partial charge in [-0.25, -0.2) is 0 Å². The maximum absolute atomic E-state index is 12.6. The monoisotopic (exact) mass is 353 g/mol. The minimum Gasteiger partial charge on any atom is -0.497 e. The molecule has 0 aliphatic carbocycles. The van der Waals surface area contributed by atoms with E-state index < -0.39 is 0 Å². The van der Waals surface area contributed by atoms with Gasteiger partial charge in [0.2, 0.25) is 11.8 Å². The molecule has 1 aromatic heterocycles. The van der Waals surface area contributed by atoms with Crippen molar-refractivity contribution >= 4 is 17.5 Å². The van der Waals surface area contributed by atoms with Crippen molar-refractivity contribution in [3.05, 3.63) is 54.4 Å². The number of pyridine rings is 1. The molecule has 1 saturated heterocycles. The molecule has 1 aliphatic heterocycles. The lowest BCUT2D eigenvalue weighted by atomic mass is 10.1. The van der Waals surface area contributed by atoms with Crippen molar-refractivity contribution in [3.63, 3.8) is 0 Å². The van der Waals surface area contributed by atoms with E-state index in [1.807, 2.05) is 43.3 Å². The molecule has 26 heavy (non-hydrogen) atoms. The summed E-state index contributed by atoms with van der Waals surface area (Å²) in [6.07, 6.45) is 4.49. The number of methoxy groups -OCH3 is 1. The maximum atomic E-state index is 12.6. The van der Waals surface area contributed by atoms with Crippen LogP contribution in [0.1, 0.15) is 18.9 Å². The summed E-state index contributed by atoms with van der Waals surface area (Å²) in [5.41, 5.74) is 1.85. The molecule has 1 fully saturated rings. The largest absolute Gasteiger partial charge is 0.497 e. The van der Waals surface area contributed by atoms with Crippen LogP contribution in [0, 0.1) is 0 Å².